The molecule has 1 unspecified atom stereocenters. The van der Waals surface area contributed by atoms with Gasteiger partial charge in [0.15, 0.2) is 0 Å². The fraction of sp³-hybridized carbons (Fsp3) is 0.667. The molecule has 0 aliphatic rings. The van der Waals surface area contributed by atoms with Gasteiger partial charge in [-0.3, -0.25) is 4.79 Å². The molecule has 3 nitrogen and oxygen atoms in total. The molecule has 0 bridgehead atoms. The molecule has 0 saturated carbocycles. The lowest BCUT2D eigenvalue weighted by Gasteiger charge is -2.16. The van der Waals surface area contributed by atoms with E-state index in [2.05, 4.69) is 5.32 Å². The second kappa shape index (κ2) is 5.62. The van der Waals surface area contributed by atoms with Crippen LogP contribution in [0.15, 0.2) is 0 Å². The third kappa shape index (κ3) is 4.75. The molecule has 0 heterocycles. The van der Waals surface area contributed by atoms with Crippen molar-refractivity contribution in [2.75, 3.05) is 6.61 Å². The summed E-state index contributed by atoms with van der Waals surface area (Å²) in [4.78, 5) is 10.7. The van der Waals surface area contributed by atoms with Gasteiger partial charge < -0.3 is 10.4 Å². The van der Waals surface area contributed by atoms with Crippen molar-refractivity contribution >= 4 is 5.91 Å². The highest BCUT2D eigenvalue weighted by Crippen LogP contribution is 2.03. The number of carbonyl (C=O) groups is 1. The maximum atomic E-state index is 10.7. The summed E-state index contributed by atoms with van der Waals surface area (Å²) in [5.41, 5.74) is 0. The van der Waals surface area contributed by atoms with Crippen molar-refractivity contribution in [3.8, 4) is 12.3 Å². The average Bonchev–Trinajstić information content (AvgIpc) is 2.02. The van der Waals surface area contributed by atoms with Gasteiger partial charge in [-0.2, -0.15) is 0 Å². The highest BCUT2D eigenvalue weighted by atomic mass is 16.3. The largest absolute Gasteiger partial charge is 0.394 e. The van der Waals surface area contributed by atoms with E-state index < -0.39 is 5.91 Å². The zero-order valence-corrected chi connectivity index (χ0v) is 7.50. The summed E-state index contributed by atoms with van der Waals surface area (Å²) in [6, 6.07) is -0.214. The van der Waals surface area contributed by atoms with Crippen LogP contribution < -0.4 is 5.32 Å². The molecular formula is C9H15NO2. The number of carbonyl (C=O) groups excluding carboxylic acids is 1. The number of rotatable bonds is 4. The Kier molecular flexibility index (Phi) is 5.14. The van der Waals surface area contributed by atoms with Gasteiger partial charge in [-0.05, 0) is 18.3 Å². The van der Waals surface area contributed by atoms with Gasteiger partial charge in [0.2, 0.25) is 0 Å². The highest BCUT2D eigenvalue weighted by Gasteiger charge is 2.10. The molecule has 0 spiro atoms. The molecule has 0 radical (unpaired) electrons. The Morgan fingerprint density at radius 2 is 2.25 bits per heavy atom. The third-order valence-electron chi connectivity index (χ3n) is 1.44. The molecule has 0 rings (SSSR count). The topological polar surface area (TPSA) is 49.3 Å². The van der Waals surface area contributed by atoms with E-state index >= 15 is 0 Å². The van der Waals surface area contributed by atoms with Crippen molar-refractivity contribution in [3.63, 3.8) is 0 Å². The summed E-state index contributed by atoms with van der Waals surface area (Å²) in [7, 11) is 0. The Bertz CT molecular complexity index is 181. The lowest BCUT2D eigenvalue weighted by Crippen LogP contribution is -2.37. The van der Waals surface area contributed by atoms with Gasteiger partial charge >= 0.3 is 0 Å². The predicted octanol–water partition coefficient (Wildman–Crippen LogP) is 0.143. The van der Waals surface area contributed by atoms with Crippen molar-refractivity contribution in [3.05, 3.63) is 0 Å². The Labute approximate surface area is 73.2 Å². The normalized spacial score (nSPS) is 12.2. The van der Waals surface area contributed by atoms with E-state index in [4.69, 9.17) is 11.5 Å². The van der Waals surface area contributed by atoms with Gasteiger partial charge in [0.05, 0.1) is 12.6 Å². The van der Waals surface area contributed by atoms with Crippen molar-refractivity contribution < 1.29 is 9.90 Å². The lowest BCUT2D eigenvalue weighted by molar-refractivity contribution is -0.116. The van der Waals surface area contributed by atoms with E-state index in [1.807, 2.05) is 19.8 Å². The molecule has 2 N–H and O–H groups in total. The number of nitrogens with one attached hydrogen (secondary N) is 1. The lowest BCUT2D eigenvalue weighted by atomic mass is 10.0. The average molecular weight is 169 g/mol. The zero-order chi connectivity index (χ0) is 9.56. The SMILES string of the molecule is C#CC(=O)NC(CO)CC(C)C. The van der Waals surface area contributed by atoms with Crippen LogP contribution in [0.25, 0.3) is 0 Å². The van der Waals surface area contributed by atoms with E-state index in [-0.39, 0.29) is 12.6 Å². The standard InChI is InChI=1S/C9H15NO2/c1-4-9(12)10-8(6-11)5-7(2)3/h1,7-8,11H,5-6H2,2-3H3,(H,10,12). The molecule has 0 aliphatic heterocycles. The zero-order valence-electron chi connectivity index (χ0n) is 7.50. The second-order valence-electron chi connectivity index (χ2n) is 3.13. The number of hydrogen-bond acceptors (Lipinski definition) is 2. The molecule has 1 amide bonds. The van der Waals surface area contributed by atoms with E-state index in [1.54, 1.807) is 0 Å². The summed E-state index contributed by atoms with van der Waals surface area (Å²) in [5, 5.41) is 11.4. The number of terminal acetylenes is 1. The van der Waals surface area contributed by atoms with Crippen LogP contribution in [0.1, 0.15) is 20.3 Å². The van der Waals surface area contributed by atoms with Crippen molar-refractivity contribution in [2.45, 2.75) is 26.3 Å². The highest BCUT2D eigenvalue weighted by molar-refractivity contribution is 5.92. The van der Waals surface area contributed by atoms with Gasteiger partial charge in [0.25, 0.3) is 5.91 Å². The molecule has 0 fully saturated rings. The number of aliphatic hydroxyl groups is 1. The maximum Gasteiger partial charge on any atom is 0.295 e. The summed E-state index contributed by atoms with van der Waals surface area (Å²) in [5.74, 6) is 1.91. The van der Waals surface area contributed by atoms with Crippen LogP contribution in [-0.4, -0.2) is 23.7 Å². The molecule has 1 atom stereocenters. The first-order valence-corrected chi connectivity index (χ1v) is 3.98. The van der Waals surface area contributed by atoms with Gasteiger partial charge in [-0.15, -0.1) is 6.42 Å². The molecule has 68 valence electrons. The Hall–Kier alpha value is -1.01. The van der Waals surface area contributed by atoms with Crippen LogP contribution in [0, 0.1) is 18.3 Å². The predicted molar refractivity (Wildman–Crippen MR) is 47.3 cm³/mol. The van der Waals surface area contributed by atoms with Gasteiger partial charge in [-0.25, -0.2) is 0 Å². The summed E-state index contributed by atoms with van der Waals surface area (Å²) >= 11 is 0. The molecule has 0 saturated heterocycles. The van der Waals surface area contributed by atoms with E-state index in [0.29, 0.717) is 5.92 Å². The monoisotopic (exact) mass is 169 g/mol. The molecule has 12 heavy (non-hydrogen) atoms. The molecule has 0 aromatic rings. The van der Waals surface area contributed by atoms with Gasteiger partial charge in [0, 0.05) is 0 Å². The van der Waals surface area contributed by atoms with Crippen LogP contribution >= 0.6 is 0 Å². The number of amides is 1. The molecule has 3 heteroatoms. The number of hydrogen-bond donors (Lipinski definition) is 2. The van der Waals surface area contributed by atoms with E-state index in [0.717, 1.165) is 6.42 Å². The van der Waals surface area contributed by atoms with Crippen LogP contribution in [0.5, 0.6) is 0 Å². The van der Waals surface area contributed by atoms with Crippen LogP contribution in [0.4, 0.5) is 0 Å². The minimum Gasteiger partial charge on any atom is -0.394 e. The van der Waals surface area contributed by atoms with Crippen molar-refractivity contribution in [1.29, 1.82) is 0 Å². The maximum absolute atomic E-state index is 10.7. The molecule has 0 aliphatic carbocycles. The van der Waals surface area contributed by atoms with Crippen molar-refractivity contribution in [1.82, 2.24) is 5.32 Å². The fourth-order valence-corrected chi connectivity index (χ4v) is 0.975. The van der Waals surface area contributed by atoms with E-state index in [9.17, 15) is 4.79 Å². The minimum absolute atomic E-state index is 0.0639. The molecule has 0 aromatic heterocycles. The third-order valence-corrected chi connectivity index (χ3v) is 1.44. The van der Waals surface area contributed by atoms with Gasteiger partial charge in [-0.1, -0.05) is 13.8 Å². The summed E-state index contributed by atoms with van der Waals surface area (Å²) in [6.07, 6.45) is 5.60. The van der Waals surface area contributed by atoms with Crippen LogP contribution in [0.2, 0.25) is 0 Å². The van der Waals surface area contributed by atoms with Crippen LogP contribution in [-0.2, 0) is 4.79 Å². The Morgan fingerprint density at radius 3 is 2.58 bits per heavy atom. The van der Waals surface area contributed by atoms with Crippen LogP contribution in [0.3, 0.4) is 0 Å². The first-order valence-electron chi connectivity index (χ1n) is 3.98. The smallest absolute Gasteiger partial charge is 0.295 e. The van der Waals surface area contributed by atoms with Gasteiger partial charge in [0.1, 0.15) is 0 Å². The fourth-order valence-electron chi connectivity index (χ4n) is 0.975. The number of aliphatic hydroxyl groups excluding tert-OH is 1. The first kappa shape index (κ1) is 11.0. The Balaban J connectivity index is 3.84. The quantitative estimate of drug-likeness (QED) is 0.588. The summed E-state index contributed by atoms with van der Waals surface area (Å²) in [6.45, 7) is 3.97. The van der Waals surface area contributed by atoms with Crippen molar-refractivity contribution in [2.24, 2.45) is 5.92 Å². The van der Waals surface area contributed by atoms with E-state index in [1.165, 1.54) is 0 Å². The molecular weight excluding hydrogens is 154 g/mol. The minimum atomic E-state index is -0.463. The first-order chi connectivity index (χ1) is 5.60. The second-order valence-corrected chi connectivity index (χ2v) is 3.13. The Morgan fingerprint density at radius 1 is 1.67 bits per heavy atom. The summed E-state index contributed by atoms with van der Waals surface area (Å²) < 4.78 is 0. The molecule has 0 aromatic carbocycles.